The van der Waals surface area contributed by atoms with Crippen molar-refractivity contribution >= 4 is 23.6 Å². The molecule has 1 aliphatic rings. The molecule has 1 aromatic carbocycles. The van der Waals surface area contributed by atoms with Crippen molar-refractivity contribution in [2.45, 2.75) is 12.8 Å². The van der Waals surface area contributed by atoms with Crippen LogP contribution < -0.4 is 0 Å². The van der Waals surface area contributed by atoms with E-state index in [9.17, 15) is 4.79 Å². The summed E-state index contributed by atoms with van der Waals surface area (Å²) in [6.45, 7) is 0. The van der Waals surface area contributed by atoms with Crippen LogP contribution in [0, 0.1) is 0 Å². The van der Waals surface area contributed by atoms with E-state index in [1.807, 2.05) is 42.5 Å². The zero-order valence-corrected chi connectivity index (χ0v) is 9.87. The summed E-state index contributed by atoms with van der Waals surface area (Å²) in [4.78, 5) is 12.7. The second kappa shape index (κ2) is 5.71. The molecule has 16 heavy (non-hydrogen) atoms. The molecule has 0 bridgehead atoms. The van der Waals surface area contributed by atoms with Gasteiger partial charge in [0.25, 0.3) is 0 Å². The smallest absolute Gasteiger partial charge is 0.191 e. The van der Waals surface area contributed by atoms with Gasteiger partial charge in [0.05, 0.1) is 4.91 Å². The Hall–Kier alpha value is -1.28. The van der Waals surface area contributed by atoms with E-state index in [0.717, 1.165) is 22.6 Å². The van der Waals surface area contributed by atoms with Crippen molar-refractivity contribution < 1.29 is 4.79 Å². The van der Waals surface area contributed by atoms with Crippen LogP contribution in [0.2, 0.25) is 0 Å². The maximum absolute atomic E-state index is 11.8. The van der Waals surface area contributed by atoms with Crippen LogP contribution in [0.5, 0.6) is 0 Å². The number of carbonyl (C=O) groups excluding carboxylic acids is 1. The SMILES string of the molecule is O=C(/C=C/c1ccccc1)C1=CCCCS1. The van der Waals surface area contributed by atoms with Gasteiger partial charge in [0.2, 0.25) is 0 Å². The van der Waals surface area contributed by atoms with Crippen LogP contribution in [0.1, 0.15) is 18.4 Å². The summed E-state index contributed by atoms with van der Waals surface area (Å²) in [5.74, 6) is 1.20. The largest absolute Gasteiger partial charge is 0.289 e. The molecule has 1 aliphatic heterocycles. The van der Waals surface area contributed by atoms with Crippen LogP contribution in [0.15, 0.2) is 47.4 Å². The van der Waals surface area contributed by atoms with Crippen LogP contribution in [-0.4, -0.2) is 11.5 Å². The molecule has 0 fully saturated rings. The average molecular weight is 230 g/mol. The zero-order valence-electron chi connectivity index (χ0n) is 9.06. The molecule has 0 saturated carbocycles. The summed E-state index contributed by atoms with van der Waals surface area (Å²) in [6.07, 6.45) is 7.81. The van der Waals surface area contributed by atoms with Gasteiger partial charge in [-0.05, 0) is 30.2 Å². The van der Waals surface area contributed by atoms with Crippen molar-refractivity contribution in [3.05, 3.63) is 53.0 Å². The van der Waals surface area contributed by atoms with E-state index in [1.54, 1.807) is 17.8 Å². The quantitative estimate of drug-likeness (QED) is 0.737. The monoisotopic (exact) mass is 230 g/mol. The van der Waals surface area contributed by atoms with E-state index in [2.05, 4.69) is 0 Å². The van der Waals surface area contributed by atoms with Gasteiger partial charge < -0.3 is 0 Å². The molecule has 0 radical (unpaired) electrons. The lowest BCUT2D eigenvalue weighted by atomic mass is 10.2. The summed E-state index contributed by atoms with van der Waals surface area (Å²) in [5.41, 5.74) is 1.07. The van der Waals surface area contributed by atoms with Gasteiger partial charge in [-0.25, -0.2) is 0 Å². The topological polar surface area (TPSA) is 17.1 Å². The van der Waals surface area contributed by atoms with Gasteiger partial charge >= 0.3 is 0 Å². The Morgan fingerprint density at radius 1 is 1.25 bits per heavy atom. The van der Waals surface area contributed by atoms with Crippen LogP contribution in [0.4, 0.5) is 0 Å². The van der Waals surface area contributed by atoms with Crippen molar-refractivity contribution in [3.8, 4) is 0 Å². The molecule has 2 rings (SSSR count). The lowest BCUT2D eigenvalue weighted by Crippen LogP contribution is -1.99. The summed E-state index contributed by atoms with van der Waals surface area (Å²) >= 11 is 1.67. The van der Waals surface area contributed by atoms with E-state index in [4.69, 9.17) is 0 Å². The summed E-state index contributed by atoms with van der Waals surface area (Å²) in [5, 5.41) is 0. The average Bonchev–Trinajstić information content (AvgIpc) is 2.38. The van der Waals surface area contributed by atoms with E-state index >= 15 is 0 Å². The second-order valence-electron chi connectivity index (χ2n) is 3.67. The lowest BCUT2D eigenvalue weighted by Gasteiger charge is -2.08. The molecule has 0 unspecified atom stereocenters. The minimum absolute atomic E-state index is 0.133. The molecule has 1 heterocycles. The Bertz CT molecular complexity index is 418. The molecule has 1 aromatic rings. The third kappa shape index (κ3) is 3.11. The number of rotatable bonds is 3. The van der Waals surface area contributed by atoms with E-state index < -0.39 is 0 Å². The molecular formula is C14H14OS. The van der Waals surface area contributed by atoms with Gasteiger partial charge in [0.15, 0.2) is 5.78 Å². The van der Waals surface area contributed by atoms with Gasteiger partial charge in [-0.1, -0.05) is 42.5 Å². The molecule has 82 valence electrons. The van der Waals surface area contributed by atoms with Crippen molar-refractivity contribution in [2.75, 3.05) is 5.75 Å². The molecule has 2 heteroatoms. The minimum atomic E-state index is 0.133. The predicted molar refractivity (Wildman–Crippen MR) is 70.3 cm³/mol. The first kappa shape index (κ1) is 11.2. The molecule has 0 aliphatic carbocycles. The standard InChI is InChI=1S/C14H14OS/c15-13(14-8-4-5-11-16-14)10-9-12-6-2-1-3-7-12/h1-3,6-10H,4-5,11H2/b10-9+. The predicted octanol–water partition coefficient (Wildman–Crippen LogP) is 3.68. The van der Waals surface area contributed by atoms with Gasteiger partial charge in [-0.15, -0.1) is 11.8 Å². The number of allylic oxidation sites excluding steroid dienone is 3. The van der Waals surface area contributed by atoms with Crippen molar-refractivity contribution in [1.29, 1.82) is 0 Å². The highest BCUT2D eigenvalue weighted by Gasteiger charge is 2.09. The number of benzene rings is 1. The Kier molecular flexibility index (Phi) is 4.00. The van der Waals surface area contributed by atoms with Crippen LogP contribution in [0.3, 0.4) is 0 Å². The third-order valence-corrected chi connectivity index (χ3v) is 3.58. The van der Waals surface area contributed by atoms with Crippen LogP contribution in [0.25, 0.3) is 6.08 Å². The Morgan fingerprint density at radius 3 is 2.75 bits per heavy atom. The fourth-order valence-corrected chi connectivity index (χ4v) is 2.52. The maximum atomic E-state index is 11.8. The summed E-state index contributed by atoms with van der Waals surface area (Å²) < 4.78 is 0. The molecule has 0 amide bonds. The highest BCUT2D eigenvalue weighted by Crippen LogP contribution is 2.24. The Morgan fingerprint density at radius 2 is 2.06 bits per heavy atom. The van der Waals surface area contributed by atoms with Crippen LogP contribution >= 0.6 is 11.8 Å². The van der Waals surface area contributed by atoms with Crippen molar-refractivity contribution in [1.82, 2.24) is 0 Å². The van der Waals surface area contributed by atoms with Gasteiger partial charge in [0, 0.05) is 0 Å². The highest BCUT2D eigenvalue weighted by atomic mass is 32.2. The van der Waals surface area contributed by atoms with Gasteiger partial charge in [0.1, 0.15) is 0 Å². The fourth-order valence-electron chi connectivity index (χ4n) is 1.55. The van der Waals surface area contributed by atoms with Gasteiger partial charge in [-0.3, -0.25) is 4.79 Å². The molecule has 0 aromatic heterocycles. The number of hydrogen-bond acceptors (Lipinski definition) is 2. The first-order valence-corrected chi connectivity index (χ1v) is 6.45. The fraction of sp³-hybridized carbons (Fsp3) is 0.214. The van der Waals surface area contributed by atoms with E-state index in [1.165, 1.54) is 6.42 Å². The van der Waals surface area contributed by atoms with E-state index in [-0.39, 0.29) is 5.78 Å². The molecule has 0 spiro atoms. The van der Waals surface area contributed by atoms with Crippen molar-refractivity contribution in [2.24, 2.45) is 0 Å². The highest BCUT2D eigenvalue weighted by molar-refractivity contribution is 8.04. The molecule has 1 nitrogen and oxygen atoms in total. The number of hydrogen-bond donors (Lipinski definition) is 0. The zero-order chi connectivity index (χ0) is 11.2. The number of thioether (sulfide) groups is 1. The molecular weight excluding hydrogens is 216 g/mol. The summed E-state index contributed by atoms with van der Waals surface area (Å²) in [6, 6.07) is 9.90. The number of carbonyl (C=O) groups is 1. The lowest BCUT2D eigenvalue weighted by molar-refractivity contribution is -0.110. The number of ketones is 1. The molecule has 0 saturated heterocycles. The normalized spacial score (nSPS) is 16.1. The third-order valence-electron chi connectivity index (χ3n) is 2.41. The second-order valence-corrected chi connectivity index (χ2v) is 4.80. The summed E-state index contributed by atoms with van der Waals surface area (Å²) in [7, 11) is 0. The maximum Gasteiger partial charge on any atom is 0.191 e. The minimum Gasteiger partial charge on any atom is -0.289 e. The first-order valence-electron chi connectivity index (χ1n) is 5.47. The first-order chi connectivity index (χ1) is 7.86. The van der Waals surface area contributed by atoms with E-state index in [0.29, 0.717) is 0 Å². The van der Waals surface area contributed by atoms with Crippen LogP contribution in [-0.2, 0) is 4.79 Å². The Balaban J connectivity index is 2.02. The van der Waals surface area contributed by atoms with Crippen molar-refractivity contribution in [3.63, 3.8) is 0 Å². The molecule has 0 atom stereocenters. The van der Waals surface area contributed by atoms with Gasteiger partial charge in [-0.2, -0.15) is 0 Å². The Labute approximate surface area is 100 Å². The molecule has 0 N–H and O–H groups in total.